The van der Waals surface area contributed by atoms with Crippen molar-refractivity contribution < 1.29 is 9.59 Å². The summed E-state index contributed by atoms with van der Waals surface area (Å²) in [5, 5.41) is 8.08. The first-order valence-electron chi connectivity index (χ1n) is 15.1. The minimum absolute atomic E-state index is 0.0221. The lowest BCUT2D eigenvalue weighted by Gasteiger charge is -2.33. The molecule has 0 bridgehead atoms. The van der Waals surface area contributed by atoms with E-state index in [1.807, 2.05) is 32.9 Å². The summed E-state index contributed by atoms with van der Waals surface area (Å²) in [4.78, 5) is 53.8. The maximum atomic E-state index is 13.8. The third-order valence-corrected chi connectivity index (χ3v) is 8.09. The summed E-state index contributed by atoms with van der Waals surface area (Å²) < 4.78 is 3.30. The molecule has 0 unspecified atom stereocenters. The Morgan fingerprint density at radius 2 is 1.86 bits per heavy atom. The number of rotatable bonds is 9. The number of nitrogens with one attached hydrogen (secondary N) is 1. The van der Waals surface area contributed by atoms with Gasteiger partial charge in [-0.1, -0.05) is 19.9 Å². The third-order valence-electron chi connectivity index (χ3n) is 8.09. The lowest BCUT2D eigenvalue weighted by molar-refractivity contribution is 0.0951. The van der Waals surface area contributed by atoms with Crippen molar-refractivity contribution in [1.29, 1.82) is 0 Å². The highest BCUT2D eigenvalue weighted by Crippen LogP contribution is 2.27. The number of allylic oxidation sites excluding steroid dienone is 1. The summed E-state index contributed by atoms with van der Waals surface area (Å²) in [6, 6.07) is 7.17. The Labute approximate surface area is 257 Å². The first-order valence-corrected chi connectivity index (χ1v) is 15.1. The highest BCUT2D eigenvalue weighted by molar-refractivity contribution is 6.06. The molecule has 4 aromatic heterocycles. The Bertz CT molecular complexity index is 1760. The molecule has 0 radical (unpaired) electrons. The molecule has 0 aromatic carbocycles. The molecule has 1 fully saturated rings. The van der Waals surface area contributed by atoms with E-state index in [-0.39, 0.29) is 29.8 Å². The van der Waals surface area contributed by atoms with Gasteiger partial charge in [-0.15, -0.1) is 0 Å². The Morgan fingerprint density at radius 1 is 1.11 bits per heavy atom. The Hall–Kier alpha value is -4.64. The number of carbonyl (C=O) groups excluding carboxylic acids is 2. The van der Waals surface area contributed by atoms with Crippen molar-refractivity contribution >= 4 is 28.7 Å². The van der Waals surface area contributed by atoms with Crippen molar-refractivity contribution in [2.45, 2.75) is 53.1 Å². The second-order valence-electron chi connectivity index (χ2n) is 11.6. The van der Waals surface area contributed by atoms with E-state index in [9.17, 15) is 14.4 Å². The normalized spacial score (nSPS) is 13.9. The minimum atomic E-state index is -0.368. The molecular formula is C33H40N8O3. The second-order valence-corrected chi connectivity index (χ2v) is 11.6. The van der Waals surface area contributed by atoms with Gasteiger partial charge in [-0.25, -0.2) is 14.6 Å². The Kier molecular flexibility index (Phi) is 9.05. The van der Waals surface area contributed by atoms with Gasteiger partial charge < -0.3 is 15.1 Å². The van der Waals surface area contributed by atoms with Crippen LogP contribution in [0.5, 0.6) is 0 Å². The summed E-state index contributed by atoms with van der Waals surface area (Å²) in [5.41, 5.74) is 3.65. The largest absolute Gasteiger partial charge is 0.354 e. The number of amides is 1. The van der Waals surface area contributed by atoms with Crippen LogP contribution in [0.15, 0.2) is 54.1 Å². The SMILES string of the molecule is C=CC(=O)n1c(C)cc(=O)c(CNC(=O)c2cc(-c3ccc(N4CCN(C)CC4)nc3)nc3c2cnn3C(C)C)c1CCC. The van der Waals surface area contributed by atoms with Crippen molar-refractivity contribution in [3.8, 4) is 11.3 Å². The van der Waals surface area contributed by atoms with Crippen molar-refractivity contribution in [2.75, 3.05) is 38.1 Å². The lowest BCUT2D eigenvalue weighted by atomic mass is 10.1. The highest BCUT2D eigenvalue weighted by atomic mass is 16.2. The molecule has 1 amide bonds. The zero-order valence-electron chi connectivity index (χ0n) is 26.1. The molecule has 0 spiro atoms. The summed E-state index contributed by atoms with van der Waals surface area (Å²) in [6.07, 6.45) is 5.90. The number of piperazine rings is 1. The van der Waals surface area contributed by atoms with Gasteiger partial charge in [-0.2, -0.15) is 5.10 Å². The van der Waals surface area contributed by atoms with E-state index >= 15 is 0 Å². The lowest BCUT2D eigenvalue weighted by Crippen LogP contribution is -2.44. The number of carbonyl (C=O) groups is 2. The fourth-order valence-electron chi connectivity index (χ4n) is 5.67. The predicted octanol–water partition coefficient (Wildman–Crippen LogP) is 4.00. The van der Waals surface area contributed by atoms with Crippen LogP contribution in [0, 0.1) is 6.92 Å². The molecule has 44 heavy (non-hydrogen) atoms. The van der Waals surface area contributed by atoms with Crippen LogP contribution in [0.2, 0.25) is 0 Å². The van der Waals surface area contributed by atoms with Crippen molar-refractivity contribution in [3.63, 3.8) is 0 Å². The van der Waals surface area contributed by atoms with Crippen molar-refractivity contribution in [2.24, 2.45) is 0 Å². The average Bonchev–Trinajstić information content (AvgIpc) is 3.45. The van der Waals surface area contributed by atoms with Gasteiger partial charge in [0.1, 0.15) is 5.82 Å². The van der Waals surface area contributed by atoms with Gasteiger partial charge in [-0.05, 0) is 58.5 Å². The molecule has 1 aliphatic heterocycles. The molecule has 1 saturated heterocycles. The fourth-order valence-corrected chi connectivity index (χ4v) is 5.67. The van der Waals surface area contributed by atoms with Gasteiger partial charge in [0.05, 0.1) is 22.8 Å². The molecule has 11 heteroatoms. The number of aryl methyl sites for hydroxylation is 1. The van der Waals surface area contributed by atoms with Crippen molar-refractivity contribution in [1.82, 2.24) is 34.5 Å². The maximum absolute atomic E-state index is 13.8. The number of hydrogen-bond acceptors (Lipinski definition) is 8. The second kappa shape index (κ2) is 12.9. The zero-order chi connectivity index (χ0) is 31.5. The van der Waals surface area contributed by atoms with Crippen LogP contribution in [-0.2, 0) is 13.0 Å². The molecule has 0 aliphatic carbocycles. The van der Waals surface area contributed by atoms with Gasteiger partial charge in [0.2, 0.25) is 0 Å². The first-order chi connectivity index (χ1) is 21.1. The monoisotopic (exact) mass is 596 g/mol. The molecule has 11 nitrogen and oxygen atoms in total. The predicted molar refractivity (Wildman–Crippen MR) is 172 cm³/mol. The van der Waals surface area contributed by atoms with Gasteiger partial charge >= 0.3 is 0 Å². The van der Waals surface area contributed by atoms with Gasteiger partial charge in [0, 0.05) is 73.5 Å². The van der Waals surface area contributed by atoms with Gasteiger partial charge in [-0.3, -0.25) is 19.0 Å². The molecule has 4 aromatic rings. The Morgan fingerprint density at radius 3 is 2.50 bits per heavy atom. The third kappa shape index (κ3) is 6.05. The van der Waals surface area contributed by atoms with E-state index < -0.39 is 0 Å². The topological polar surface area (TPSA) is 118 Å². The van der Waals surface area contributed by atoms with E-state index in [1.165, 1.54) is 16.7 Å². The summed E-state index contributed by atoms with van der Waals surface area (Å²) in [7, 11) is 2.12. The molecule has 5 heterocycles. The highest BCUT2D eigenvalue weighted by Gasteiger charge is 2.22. The number of nitrogens with zero attached hydrogens (tertiary/aromatic N) is 7. The number of aromatic nitrogens is 5. The van der Waals surface area contributed by atoms with E-state index in [0.29, 0.717) is 45.7 Å². The molecule has 5 rings (SSSR count). The molecule has 230 valence electrons. The van der Waals surface area contributed by atoms with E-state index in [2.05, 4.69) is 33.8 Å². The van der Waals surface area contributed by atoms with E-state index in [4.69, 9.17) is 9.97 Å². The zero-order valence-corrected chi connectivity index (χ0v) is 26.1. The van der Waals surface area contributed by atoms with Crippen LogP contribution in [-0.4, -0.2) is 74.3 Å². The minimum Gasteiger partial charge on any atom is -0.354 e. The smallest absolute Gasteiger partial charge is 0.254 e. The fraction of sp³-hybridized carbons (Fsp3) is 0.394. The average molecular weight is 597 g/mol. The summed E-state index contributed by atoms with van der Waals surface area (Å²) >= 11 is 0. The molecule has 0 atom stereocenters. The quantitative estimate of drug-likeness (QED) is 0.288. The van der Waals surface area contributed by atoms with Crippen LogP contribution in [0.3, 0.4) is 0 Å². The van der Waals surface area contributed by atoms with Gasteiger partial charge in [0.15, 0.2) is 11.1 Å². The number of anilines is 1. The van der Waals surface area contributed by atoms with Crippen LogP contribution in [0.1, 0.15) is 65.3 Å². The van der Waals surface area contributed by atoms with E-state index in [0.717, 1.165) is 44.0 Å². The molecule has 1 aliphatic rings. The summed E-state index contributed by atoms with van der Waals surface area (Å²) in [6.45, 7) is 15.1. The van der Waals surface area contributed by atoms with E-state index in [1.54, 1.807) is 30.1 Å². The van der Waals surface area contributed by atoms with Crippen LogP contribution in [0.25, 0.3) is 22.3 Å². The molecule has 1 N–H and O–H groups in total. The van der Waals surface area contributed by atoms with Crippen molar-refractivity contribution in [3.05, 3.63) is 82.1 Å². The number of likely N-dealkylation sites (N-methyl/N-ethyl adjacent to an activating group) is 1. The Balaban J connectivity index is 1.50. The van der Waals surface area contributed by atoms with Crippen LogP contribution < -0.4 is 15.6 Å². The number of pyridine rings is 3. The van der Waals surface area contributed by atoms with Crippen LogP contribution in [0.4, 0.5) is 5.82 Å². The van der Waals surface area contributed by atoms with Gasteiger partial charge in [0.25, 0.3) is 11.8 Å². The number of fused-ring (bicyclic) bond motifs is 1. The summed E-state index contributed by atoms with van der Waals surface area (Å²) in [5.74, 6) is 0.232. The standard InChI is InChI=1S/C33H40N8O3/c1-7-9-28-26(29(42)16-22(5)40(28)31(43)8-2)19-35-33(44)24-17-27(37-32-25(24)20-36-41(32)21(3)4)23-10-11-30(34-18-23)39-14-12-38(6)13-15-39/h8,10-11,16-18,20-21H,2,7,9,12-15,19H2,1,3-6H3,(H,35,44). The number of hydrogen-bond donors (Lipinski definition) is 1. The van der Waals surface area contributed by atoms with Crippen LogP contribution >= 0.6 is 0 Å². The molecule has 0 saturated carbocycles. The molecular weight excluding hydrogens is 556 g/mol. The first kappa shape index (κ1) is 30.8. The maximum Gasteiger partial charge on any atom is 0.254 e.